The number of nitrogens with zero attached hydrogens (tertiary/aromatic N) is 2. The van der Waals surface area contributed by atoms with Gasteiger partial charge in [0, 0.05) is 11.1 Å². The highest BCUT2D eigenvalue weighted by Gasteiger charge is 2.17. The van der Waals surface area contributed by atoms with Gasteiger partial charge in [0.25, 0.3) is 0 Å². The smallest absolute Gasteiger partial charge is 0.316 e. The maximum atomic E-state index is 11.6. The van der Waals surface area contributed by atoms with E-state index in [9.17, 15) is 10.1 Å². The number of benzene rings is 2. The highest BCUT2D eigenvalue weighted by molar-refractivity contribution is 7.99. The van der Waals surface area contributed by atoms with Crippen LogP contribution in [-0.2, 0) is 9.53 Å². The molecule has 0 spiro atoms. The lowest BCUT2D eigenvalue weighted by Gasteiger charge is -2.12. The van der Waals surface area contributed by atoms with Gasteiger partial charge < -0.3 is 9.47 Å². The molecule has 1 aromatic heterocycles. The Balaban J connectivity index is 2.14. The fourth-order valence-electron chi connectivity index (χ4n) is 2.68. The molecule has 0 saturated heterocycles. The molecular formula is C22H18N2O3S. The van der Waals surface area contributed by atoms with Crippen molar-refractivity contribution >= 4 is 17.7 Å². The summed E-state index contributed by atoms with van der Waals surface area (Å²) >= 11 is 1.20. The van der Waals surface area contributed by atoms with Crippen LogP contribution in [0.2, 0.25) is 0 Å². The summed E-state index contributed by atoms with van der Waals surface area (Å²) in [6.45, 7) is 0. The number of aromatic nitrogens is 1. The van der Waals surface area contributed by atoms with Gasteiger partial charge in [0.15, 0.2) is 0 Å². The van der Waals surface area contributed by atoms with Crippen LogP contribution in [0, 0.1) is 11.3 Å². The number of ether oxygens (including phenoxy) is 2. The van der Waals surface area contributed by atoms with Crippen LogP contribution < -0.4 is 4.74 Å². The van der Waals surface area contributed by atoms with Crippen LogP contribution in [0.25, 0.3) is 22.4 Å². The van der Waals surface area contributed by atoms with E-state index in [-0.39, 0.29) is 11.7 Å². The molecule has 0 N–H and O–H groups in total. The predicted octanol–water partition coefficient (Wildman–Crippen LogP) is 4.56. The highest BCUT2D eigenvalue weighted by atomic mass is 32.2. The van der Waals surface area contributed by atoms with Crippen LogP contribution >= 0.6 is 11.8 Å². The Morgan fingerprint density at radius 2 is 1.79 bits per heavy atom. The monoisotopic (exact) mass is 390 g/mol. The summed E-state index contributed by atoms with van der Waals surface area (Å²) in [6, 6.07) is 21.4. The predicted molar refractivity (Wildman–Crippen MR) is 109 cm³/mol. The Labute approximate surface area is 167 Å². The molecule has 0 saturated carbocycles. The van der Waals surface area contributed by atoms with Gasteiger partial charge in [0.05, 0.1) is 31.2 Å². The largest absolute Gasteiger partial charge is 0.497 e. The van der Waals surface area contributed by atoms with E-state index in [1.54, 1.807) is 7.11 Å². The van der Waals surface area contributed by atoms with E-state index in [0.29, 0.717) is 10.6 Å². The van der Waals surface area contributed by atoms with E-state index < -0.39 is 0 Å². The molecule has 0 radical (unpaired) electrons. The molecule has 0 unspecified atom stereocenters. The van der Waals surface area contributed by atoms with Gasteiger partial charge in [0.2, 0.25) is 0 Å². The Hall–Kier alpha value is -3.30. The second-order valence-electron chi connectivity index (χ2n) is 5.81. The summed E-state index contributed by atoms with van der Waals surface area (Å²) in [4.78, 5) is 16.2. The minimum Gasteiger partial charge on any atom is -0.497 e. The maximum absolute atomic E-state index is 11.6. The maximum Gasteiger partial charge on any atom is 0.316 e. The van der Waals surface area contributed by atoms with Crippen LogP contribution in [-0.4, -0.2) is 30.9 Å². The lowest BCUT2D eigenvalue weighted by Crippen LogP contribution is -2.04. The van der Waals surface area contributed by atoms with Gasteiger partial charge in [-0.15, -0.1) is 0 Å². The van der Waals surface area contributed by atoms with Crippen LogP contribution in [0.5, 0.6) is 5.75 Å². The van der Waals surface area contributed by atoms with Crippen LogP contribution in [0.3, 0.4) is 0 Å². The third-order valence-electron chi connectivity index (χ3n) is 4.12. The highest BCUT2D eigenvalue weighted by Crippen LogP contribution is 2.34. The van der Waals surface area contributed by atoms with Crippen molar-refractivity contribution in [2.24, 2.45) is 0 Å². The van der Waals surface area contributed by atoms with Gasteiger partial charge in [-0.25, -0.2) is 4.98 Å². The van der Waals surface area contributed by atoms with Crippen LogP contribution in [0.4, 0.5) is 0 Å². The summed E-state index contributed by atoms with van der Waals surface area (Å²) < 4.78 is 9.94. The number of hydrogen-bond acceptors (Lipinski definition) is 6. The molecule has 0 bridgehead atoms. The zero-order valence-electron chi connectivity index (χ0n) is 15.5. The fraction of sp³-hybridized carbons (Fsp3) is 0.136. The number of rotatable bonds is 6. The minimum atomic E-state index is -0.369. The van der Waals surface area contributed by atoms with E-state index >= 15 is 0 Å². The molecule has 0 fully saturated rings. The zero-order chi connectivity index (χ0) is 19.9. The number of carbonyl (C=O) groups is 1. The first kappa shape index (κ1) is 19.5. The number of esters is 1. The first-order valence-electron chi connectivity index (χ1n) is 8.51. The molecule has 0 atom stereocenters. The van der Waals surface area contributed by atoms with Gasteiger partial charge in [-0.1, -0.05) is 54.2 Å². The van der Waals surface area contributed by atoms with Gasteiger partial charge in [-0.05, 0) is 23.8 Å². The van der Waals surface area contributed by atoms with Crippen molar-refractivity contribution in [1.29, 1.82) is 5.26 Å². The van der Waals surface area contributed by atoms with Crippen LogP contribution in [0.15, 0.2) is 65.7 Å². The molecule has 3 rings (SSSR count). The summed E-state index contributed by atoms with van der Waals surface area (Å²) in [6.07, 6.45) is 0. The molecule has 0 aliphatic rings. The topological polar surface area (TPSA) is 72.2 Å². The Kier molecular flexibility index (Phi) is 6.30. The van der Waals surface area contributed by atoms with E-state index in [4.69, 9.17) is 9.47 Å². The summed E-state index contributed by atoms with van der Waals surface area (Å²) in [5.41, 5.74) is 3.72. The van der Waals surface area contributed by atoms with Gasteiger partial charge in [-0.3, -0.25) is 4.79 Å². The number of hydrogen-bond donors (Lipinski definition) is 0. The lowest BCUT2D eigenvalue weighted by atomic mass is 9.99. The van der Waals surface area contributed by atoms with Gasteiger partial charge in [0.1, 0.15) is 16.8 Å². The molecule has 0 aliphatic heterocycles. The molecule has 28 heavy (non-hydrogen) atoms. The number of nitriles is 1. The average molecular weight is 390 g/mol. The Bertz CT molecular complexity index is 1010. The van der Waals surface area contributed by atoms with Crippen molar-refractivity contribution in [3.63, 3.8) is 0 Å². The van der Waals surface area contributed by atoms with Gasteiger partial charge in [-0.2, -0.15) is 5.26 Å². The Morgan fingerprint density at radius 1 is 1.07 bits per heavy atom. The number of pyridine rings is 1. The average Bonchev–Trinajstić information content (AvgIpc) is 2.77. The van der Waals surface area contributed by atoms with Crippen molar-refractivity contribution < 1.29 is 14.3 Å². The molecule has 5 nitrogen and oxygen atoms in total. The molecule has 2 aromatic carbocycles. The normalized spacial score (nSPS) is 10.2. The number of thioether (sulfide) groups is 1. The second-order valence-corrected chi connectivity index (χ2v) is 6.77. The molecule has 1 heterocycles. The lowest BCUT2D eigenvalue weighted by molar-refractivity contribution is -0.137. The standard InChI is InChI=1S/C22H18N2O3S/c1-26-17-10-8-15(9-11-17)18-12-20(16-6-4-3-5-7-16)24-22(19(18)13-23)28-14-21(25)27-2/h3-12H,14H2,1-2H3. The summed E-state index contributed by atoms with van der Waals surface area (Å²) in [5, 5.41) is 10.3. The van der Waals surface area contributed by atoms with Crippen molar-refractivity contribution in [1.82, 2.24) is 4.98 Å². The van der Waals surface area contributed by atoms with E-state index in [1.807, 2.05) is 60.7 Å². The third-order valence-corrected chi connectivity index (χ3v) is 5.07. The van der Waals surface area contributed by atoms with Crippen molar-refractivity contribution in [3.8, 4) is 34.2 Å². The number of methoxy groups -OCH3 is 2. The molecule has 6 heteroatoms. The van der Waals surface area contributed by atoms with E-state index in [1.165, 1.54) is 18.9 Å². The molecule has 0 aliphatic carbocycles. The SMILES string of the molecule is COC(=O)CSc1nc(-c2ccccc2)cc(-c2ccc(OC)cc2)c1C#N. The quantitative estimate of drug-likeness (QED) is 0.454. The van der Waals surface area contributed by atoms with Crippen molar-refractivity contribution in [2.75, 3.05) is 20.0 Å². The molecule has 0 amide bonds. The van der Waals surface area contributed by atoms with E-state index in [0.717, 1.165) is 28.1 Å². The summed E-state index contributed by atoms with van der Waals surface area (Å²) in [7, 11) is 2.95. The minimum absolute atomic E-state index is 0.0818. The van der Waals surface area contributed by atoms with Crippen molar-refractivity contribution in [2.45, 2.75) is 5.03 Å². The van der Waals surface area contributed by atoms with Crippen molar-refractivity contribution in [3.05, 3.63) is 66.2 Å². The first-order valence-corrected chi connectivity index (χ1v) is 9.49. The van der Waals surface area contributed by atoms with E-state index in [2.05, 4.69) is 11.1 Å². The first-order chi connectivity index (χ1) is 13.7. The molecule has 140 valence electrons. The number of carbonyl (C=O) groups excluding carboxylic acids is 1. The molecular weight excluding hydrogens is 372 g/mol. The zero-order valence-corrected chi connectivity index (χ0v) is 16.3. The second kappa shape index (κ2) is 9.07. The molecule has 3 aromatic rings. The summed E-state index contributed by atoms with van der Waals surface area (Å²) in [5.74, 6) is 0.449. The Morgan fingerprint density at radius 3 is 2.39 bits per heavy atom. The third kappa shape index (κ3) is 4.33. The fourth-order valence-corrected chi connectivity index (χ4v) is 3.51. The van der Waals surface area contributed by atoms with Gasteiger partial charge >= 0.3 is 5.97 Å². The van der Waals surface area contributed by atoms with Crippen LogP contribution in [0.1, 0.15) is 5.56 Å².